The summed E-state index contributed by atoms with van der Waals surface area (Å²) in [4.78, 5) is 17.2. The normalized spacial score (nSPS) is 25.3. The number of nitrogens with zero attached hydrogens (tertiary/aromatic N) is 2. The second-order valence-electron chi connectivity index (χ2n) is 8.47. The predicted molar refractivity (Wildman–Crippen MR) is 104 cm³/mol. The minimum absolute atomic E-state index is 0.0129. The summed E-state index contributed by atoms with van der Waals surface area (Å²) in [5.41, 5.74) is 0. The number of β-amino-alcohol motifs (C(OH)–C–C–N with tert-alkyl or cyclic N) is 1. The lowest BCUT2D eigenvalue weighted by atomic mass is 9.92. The number of nitrogens with one attached hydrogen (secondary N) is 2. The lowest BCUT2D eigenvalue weighted by Gasteiger charge is -2.39. The van der Waals surface area contributed by atoms with Crippen LogP contribution >= 0.6 is 0 Å². The third kappa shape index (κ3) is 6.10. The largest absolute Gasteiger partial charge is 0.395 e. The van der Waals surface area contributed by atoms with E-state index in [0.717, 1.165) is 71.0 Å². The molecule has 2 saturated heterocycles. The number of rotatable bonds is 6. The molecule has 0 aromatic rings. The molecule has 2 aliphatic heterocycles. The standard InChI is InChI=1S/C20H38N4O2/c25-15-14-23-10-6-17(7-11-23)16-21-20(26)22-18-8-12-24(13-9-18)19-4-2-1-3-5-19/h17-19,25H,1-16H2,(H2,21,22,26). The molecule has 6 nitrogen and oxygen atoms in total. The summed E-state index contributed by atoms with van der Waals surface area (Å²) in [5.74, 6) is 0.573. The van der Waals surface area contributed by atoms with E-state index in [1.807, 2.05) is 0 Å². The van der Waals surface area contributed by atoms with E-state index in [2.05, 4.69) is 20.4 Å². The summed E-state index contributed by atoms with van der Waals surface area (Å²) in [6, 6.07) is 1.15. The van der Waals surface area contributed by atoms with Crippen LogP contribution in [0.1, 0.15) is 57.8 Å². The summed E-state index contributed by atoms with van der Waals surface area (Å²) in [5, 5.41) is 15.3. The summed E-state index contributed by atoms with van der Waals surface area (Å²) >= 11 is 0. The topological polar surface area (TPSA) is 67.8 Å². The van der Waals surface area contributed by atoms with E-state index in [0.29, 0.717) is 12.0 Å². The molecule has 0 aromatic carbocycles. The Morgan fingerprint density at radius 1 is 0.923 bits per heavy atom. The molecule has 26 heavy (non-hydrogen) atoms. The Kier molecular flexibility index (Phi) is 8.02. The van der Waals surface area contributed by atoms with Crippen molar-refractivity contribution in [2.45, 2.75) is 69.9 Å². The van der Waals surface area contributed by atoms with Crippen molar-refractivity contribution >= 4 is 6.03 Å². The van der Waals surface area contributed by atoms with E-state index in [4.69, 9.17) is 5.11 Å². The number of hydrogen-bond donors (Lipinski definition) is 3. The minimum atomic E-state index is 0.0129. The third-order valence-electron chi connectivity index (χ3n) is 6.63. The van der Waals surface area contributed by atoms with Gasteiger partial charge in [0, 0.05) is 38.3 Å². The molecule has 1 saturated carbocycles. The fraction of sp³-hybridized carbons (Fsp3) is 0.950. The fourth-order valence-corrected chi connectivity index (χ4v) is 4.88. The third-order valence-corrected chi connectivity index (χ3v) is 6.63. The molecular weight excluding hydrogens is 328 g/mol. The van der Waals surface area contributed by atoms with Crippen LogP contribution in [0, 0.1) is 5.92 Å². The van der Waals surface area contributed by atoms with Crippen molar-refractivity contribution in [3.05, 3.63) is 0 Å². The van der Waals surface area contributed by atoms with Gasteiger partial charge < -0.3 is 25.5 Å². The summed E-state index contributed by atoms with van der Waals surface area (Å²) in [6.45, 7) is 6.14. The van der Waals surface area contributed by atoms with Crippen LogP contribution in [-0.4, -0.2) is 78.9 Å². The zero-order chi connectivity index (χ0) is 18.2. The molecule has 2 amide bonds. The average molecular weight is 367 g/mol. The Balaban J connectivity index is 1.27. The monoisotopic (exact) mass is 366 g/mol. The average Bonchev–Trinajstić information content (AvgIpc) is 2.69. The van der Waals surface area contributed by atoms with Crippen molar-refractivity contribution < 1.29 is 9.90 Å². The van der Waals surface area contributed by atoms with Crippen LogP contribution in [0.4, 0.5) is 4.79 Å². The van der Waals surface area contributed by atoms with Crippen molar-refractivity contribution in [3.63, 3.8) is 0 Å². The SMILES string of the molecule is O=C(NCC1CCN(CCO)CC1)NC1CCN(C2CCCCC2)CC1. The van der Waals surface area contributed by atoms with Crippen molar-refractivity contribution in [1.29, 1.82) is 0 Å². The van der Waals surface area contributed by atoms with Gasteiger partial charge in [0.05, 0.1) is 6.61 Å². The highest BCUT2D eigenvalue weighted by atomic mass is 16.3. The molecule has 6 heteroatoms. The maximum atomic E-state index is 12.2. The second kappa shape index (κ2) is 10.5. The molecule has 0 aromatic heterocycles. The smallest absolute Gasteiger partial charge is 0.315 e. The van der Waals surface area contributed by atoms with Crippen LogP contribution in [0.2, 0.25) is 0 Å². The van der Waals surface area contributed by atoms with E-state index in [9.17, 15) is 4.79 Å². The number of carbonyl (C=O) groups excluding carboxylic acids is 1. The summed E-state index contributed by atoms with van der Waals surface area (Å²) in [7, 11) is 0. The highest BCUT2D eigenvalue weighted by molar-refractivity contribution is 5.74. The highest BCUT2D eigenvalue weighted by Crippen LogP contribution is 2.25. The first-order chi connectivity index (χ1) is 12.7. The van der Waals surface area contributed by atoms with Gasteiger partial charge in [-0.15, -0.1) is 0 Å². The van der Waals surface area contributed by atoms with Gasteiger partial charge in [-0.2, -0.15) is 0 Å². The van der Waals surface area contributed by atoms with Crippen LogP contribution < -0.4 is 10.6 Å². The van der Waals surface area contributed by atoms with E-state index in [1.165, 1.54) is 32.1 Å². The Hall–Kier alpha value is -0.850. The number of likely N-dealkylation sites (tertiary alicyclic amines) is 2. The lowest BCUT2D eigenvalue weighted by Crippen LogP contribution is -2.51. The molecule has 0 radical (unpaired) electrons. The molecule has 3 N–H and O–H groups in total. The van der Waals surface area contributed by atoms with Crippen LogP contribution in [-0.2, 0) is 0 Å². The predicted octanol–water partition coefficient (Wildman–Crippen LogP) is 1.79. The molecule has 3 rings (SSSR count). The molecule has 3 fully saturated rings. The zero-order valence-electron chi connectivity index (χ0n) is 16.3. The molecule has 0 atom stereocenters. The zero-order valence-corrected chi connectivity index (χ0v) is 16.3. The number of aliphatic hydroxyl groups excluding tert-OH is 1. The number of hydrogen-bond acceptors (Lipinski definition) is 4. The first kappa shape index (κ1) is 19.9. The molecule has 0 spiro atoms. The molecular formula is C20H38N4O2. The number of carbonyl (C=O) groups is 1. The van der Waals surface area contributed by atoms with Crippen molar-refractivity contribution in [1.82, 2.24) is 20.4 Å². The molecule has 150 valence electrons. The fourth-order valence-electron chi connectivity index (χ4n) is 4.88. The number of amides is 2. The van der Waals surface area contributed by atoms with Crippen molar-refractivity contribution in [2.24, 2.45) is 5.92 Å². The van der Waals surface area contributed by atoms with Gasteiger partial charge in [0.15, 0.2) is 0 Å². The van der Waals surface area contributed by atoms with Crippen molar-refractivity contribution in [2.75, 3.05) is 45.9 Å². The van der Waals surface area contributed by atoms with Crippen LogP contribution in [0.25, 0.3) is 0 Å². The minimum Gasteiger partial charge on any atom is -0.395 e. The van der Waals surface area contributed by atoms with Crippen LogP contribution in [0.3, 0.4) is 0 Å². The first-order valence-corrected chi connectivity index (χ1v) is 10.9. The van der Waals surface area contributed by atoms with E-state index < -0.39 is 0 Å². The van der Waals surface area contributed by atoms with Gasteiger partial charge in [0.1, 0.15) is 0 Å². The molecule has 0 bridgehead atoms. The number of aliphatic hydroxyl groups is 1. The van der Waals surface area contributed by atoms with E-state index >= 15 is 0 Å². The van der Waals surface area contributed by atoms with Gasteiger partial charge in [-0.25, -0.2) is 4.79 Å². The van der Waals surface area contributed by atoms with E-state index in [-0.39, 0.29) is 12.6 Å². The Bertz CT molecular complexity index is 412. The summed E-state index contributed by atoms with van der Waals surface area (Å²) in [6.07, 6.45) is 11.3. The second-order valence-corrected chi connectivity index (χ2v) is 8.47. The van der Waals surface area contributed by atoms with E-state index in [1.54, 1.807) is 0 Å². The Morgan fingerprint density at radius 3 is 2.27 bits per heavy atom. The van der Waals surface area contributed by atoms with Crippen LogP contribution in [0.15, 0.2) is 0 Å². The van der Waals surface area contributed by atoms with Gasteiger partial charge in [-0.3, -0.25) is 0 Å². The Labute approximate surface area is 158 Å². The quantitative estimate of drug-likeness (QED) is 0.670. The first-order valence-electron chi connectivity index (χ1n) is 10.9. The maximum Gasteiger partial charge on any atom is 0.315 e. The van der Waals surface area contributed by atoms with Gasteiger partial charge in [0.2, 0.25) is 0 Å². The summed E-state index contributed by atoms with van der Waals surface area (Å²) < 4.78 is 0. The molecule has 2 heterocycles. The number of urea groups is 1. The number of piperidine rings is 2. The van der Waals surface area contributed by atoms with Gasteiger partial charge in [-0.05, 0) is 57.5 Å². The van der Waals surface area contributed by atoms with Crippen molar-refractivity contribution in [3.8, 4) is 0 Å². The van der Waals surface area contributed by atoms with Gasteiger partial charge in [0.25, 0.3) is 0 Å². The molecule has 3 aliphatic rings. The lowest BCUT2D eigenvalue weighted by molar-refractivity contribution is 0.116. The highest BCUT2D eigenvalue weighted by Gasteiger charge is 2.27. The van der Waals surface area contributed by atoms with Gasteiger partial charge in [-0.1, -0.05) is 19.3 Å². The molecule has 1 aliphatic carbocycles. The van der Waals surface area contributed by atoms with Gasteiger partial charge >= 0.3 is 6.03 Å². The molecule has 0 unspecified atom stereocenters. The Morgan fingerprint density at radius 2 is 1.62 bits per heavy atom. The maximum absolute atomic E-state index is 12.2. The van der Waals surface area contributed by atoms with Crippen LogP contribution in [0.5, 0.6) is 0 Å².